The smallest absolute Gasteiger partial charge is 0.227 e. The van der Waals surface area contributed by atoms with Gasteiger partial charge in [0.05, 0.1) is 11.4 Å². The Bertz CT molecular complexity index is 726. The minimum atomic E-state index is -0.0913. The summed E-state index contributed by atoms with van der Waals surface area (Å²) in [6, 6.07) is 5.67. The highest BCUT2D eigenvalue weighted by Crippen LogP contribution is 2.29. The molecule has 2 aliphatic rings. The molecule has 1 saturated heterocycles. The van der Waals surface area contributed by atoms with Crippen molar-refractivity contribution in [3.63, 3.8) is 0 Å². The molecule has 1 aliphatic carbocycles. The van der Waals surface area contributed by atoms with E-state index in [2.05, 4.69) is 10.6 Å². The minimum Gasteiger partial charge on any atom is -0.343 e. The Morgan fingerprint density at radius 1 is 1.07 bits per heavy atom. The monoisotopic (exact) mass is 385 g/mol. The van der Waals surface area contributed by atoms with Crippen LogP contribution in [0.1, 0.15) is 63.4 Å². The molecular formula is C22H31N3O3. The van der Waals surface area contributed by atoms with Gasteiger partial charge in [0, 0.05) is 31.8 Å². The minimum absolute atomic E-state index is 0.0421. The molecule has 1 aliphatic heterocycles. The fourth-order valence-electron chi connectivity index (χ4n) is 4.03. The maximum absolute atomic E-state index is 12.5. The number of hydrogen-bond donors (Lipinski definition) is 2. The van der Waals surface area contributed by atoms with E-state index in [1.807, 2.05) is 30.0 Å². The van der Waals surface area contributed by atoms with Crippen molar-refractivity contribution in [1.82, 2.24) is 4.90 Å². The van der Waals surface area contributed by atoms with Crippen LogP contribution in [0.25, 0.3) is 0 Å². The van der Waals surface area contributed by atoms with Crippen LogP contribution in [0, 0.1) is 12.8 Å². The third-order valence-corrected chi connectivity index (χ3v) is 5.69. The molecule has 3 rings (SSSR count). The Morgan fingerprint density at radius 3 is 2.61 bits per heavy atom. The van der Waals surface area contributed by atoms with Crippen molar-refractivity contribution in [2.24, 2.45) is 5.92 Å². The van der Waals surface area contributed by atoms with Crippen LogP contribution < -0.4 is 10.6 Å². The molecule has 3 amide bonds. The molecule has 2 fully saturated rings. The predicted octanol–water partition coefficient (Wildman–Crippen LogP) is 3.85. The van der Waals surface area contributed by atoms with Gasteiger partial charge in [-0.2, -0.15) is 0 Å². The summed E-state index contributed by atoms with van der Waals surface area (Å²) in [5.74, 6) is 0.223. The first kappa shape index (κ1) is 20.4. The van der Waals surface area contributed by atoms with Crippen molar-refractivity contribution < 1.29 is 14.4 Å². The molecule has 0 spiro atoms. The van der Waals surface area contributed by atoms with Crippen LogP contribution in [-0.2, 0) is 14.4 Å². The van der Waals surface area contributed by atoms with Crippen LogP contribution >= 0.6 is 0 Å². The van der Waals surface area contributed by atoms with Gasteiger partial charge in [-0.15, -0.1) is 0 Å². The van der Waals surface area contributed by atoms with Crippen LogP contribution in [0.2, 0.25) is 0 Å². The van der Waals surface area contributed by atoms with E-state index in [9.17, 15) is 14.4 Å². The molecule has 1 aromatic rings. The summed E-state index contributed by atoms with van der Waals surface area (Å²) < 4.78 is 0. The predicted molar refractivity (Wildman–Crippen MR) is 110 cm³/mol. The number of nitrogens with one attached hydrogen (secondary N) is 2. The van der Waals surface area contributed by atoms with Gasteiger partial charge < -0.3 is 15.5 Å². The molecule has 1 saturated carbocycles. The zero-order valence-corrected chi connectivity index (χ0v) is 16.8. The maximum Gasteiger partial charge on any atom is 0.227 e. The summed E-state index contributed by atoms with van der Waals surface area (Å²) >= 11 is 0. The SMILES string of the molecule is Cc1ccc(NC(=O)C2CCCC2)c(NC(=O)CCCN2CCCCC2=O)c1. The summed E-state index contributed by atoms with van der Waals surface area (Å²) in [5, 5.41) is 5.93. The van der Waals surface area contributed by atoms with E-state index in [0.29, 0.717) is 37.2 Å². The molecular weight excluding hydrogens is 354 g/mol. The fourth-order valence-corrected chi connectivity index (χ4v) is 4.03. The molecule has 6 nitrogen and oxygen atoms in total. The Balaban J connectivity index is 1.53. The Hall–Kier alpha value is -2.37. The molecule has 1 heterocycles. The molecule has 152 valence electrons. The van der Waals surface area contributed by atoms with Crippen molar-refractivity contribution in [2.75, 3.05) is 23.7 Å². The first-order valence-corrected chi connectivity index (χ1v) is 10.5. The fraction of sp³-hybridized carbons (Fsp3) is 0.591. The van der Waals surface area contributed by atoms with Crippen molar-refractivity contribution in [1.29, 1.82) is 0 Å². The molecule has 0 unspecified atom stereocenters. The number of carbonyl (C=O) groups excluding carboxylic acids is 3. The zero-order chi connectivity index (χ0) is 19.9. The second-order valence-corrected chi connectivity index (χ2v) is 8.01. The highest BCUT2D eigenvalue weighted by molar-refractivity contribution is 6.00. The Morgan fingerprint density at radius 2 is 1.86 bits per heavy atom. The van der Waals surface area contributed by atoms with E-state index < -0.39 is 0 Å². The standard InChI is InChI=1S/C22H31N3O3/c1-16-11-12-18(24-22(28)17-7-2-3-8-17)19(15-16)23-20(26)9-6-14-25-13-5-4-10-21(25)27/h11-12,15,17H,2-10,13-14H2,1H3,(H,23,26)(H,24,28). The maximum atomic E-state index is 12.5. The van der Waals surface area contributed by atoms with Gasteiger partial charge in [-0.3, -0.25) is 14.4 Å². The van der Waals surface area contributed by atoms with E-state index in [1.165, 1.54) is 0 Å². The van der Waals surface area contributed by atoms with Gasteiger partial charge >= 0.3 is 0 Å². The number of benzene rings is 1. The summed E-state index contributed by atoms with van der Waals surface area (Å²) in [7, 11) is 0. The van der Waals surface area contributed by atoms with Crippen molar-refractivity contribution >= 4 is 29.1 Å². The number of aryl methyl sites for hydroxylation is 1. The van der Waals surface area contributed by atoms with Crippen LogP contribution in [0.3, 0.4) is 0 Å². The highest BCUT2D eigenvalue weighted by Gasteiger charge is 2.23. The number of nitrogens with zero attached hydrogens (tertiary/aromatic N) is 1. The summed E-state index contributed by atoms with van der Waals surface area (Å²) in [6.45, 7) is 3.39. The number of piperidine rings is 1. The number of amides is 3. The lowest BCUT2D eigenvalue weighted by Crippen LogP contribution is -2.36. The topological polar surface area (TPSA) is 78.5 Å². The first-order valence-electron chi connectivity index (χ1n) is 10.5. The van der Waals surface area contributed by atoms with Crippen LogP contribution in [-0.4, -0.2) is 35.7 Å². The number of likely N-dealkylation sites (tertiary alicyclic amines) is 1. The van der Waals surface area contributed by atoms with Gasteiger partial charge in [0.1, 0.15) is 0 Å². The van der Waals surface area contributed by atoms with Crippen molar-refractivity contribution in [2.45, 2.75) is 64.7 Å². The van der Waals surface area contributed by atoms with Gasteiger partial charge in [-0.25, -0.2) is 0 Å². The van der Waals surface area contributed by atoms with Crippen molar-refractivity contribution in [3.8, 4) is 0 Å². The van der Waals surface area contributed by atoms with Crippen LogP contribution in [0.5, 0.6) is 0 Å². The van der Waals surface area contributed by atoms with Gasteiger partial charge in [0.2, 0.25) is 17.7 Å². The van der Waals surface area contributed by atoms with Gasteiger partial charge in [0.25, 0.3) is 0 Å². The average Bonchev–Trinajstić information content (AvgIpc) is 3.20. The quantitative estimate of drug-likeness (QED) is 0.748. The molecule has 28 heavy (non-hydrogen) atoms. The zero-order valence-electron chi connectivity index (χ0n) is 16.8. The van der Waals surface area contributed by atoms with Gasteiger partial charge in [0.15, 0.2) is 0 Å². The number of carbonyl (C=O) groups is 3. The molecule has 1 aromatic carbocycles. The van der Waals surface area contributed by atoms with Gasteiger partial charge in [-0.05, 0) is 56.7 Å². The lowest BCUT2D eigenvalue weighted by molar-refractivity contribution is -0.133. The summed E-state index contributed by atoms with van der Waals surface area (Å²) in [4.78, 5) is 38.6. The largest absolute Gasteiger partial charge is 0.343 e. The average molecular weight is 386 g/mol. The highest BCUT2D eigenvalue weighted by atomic mass is 16.2. The van der Waals surface area contributed by atoms with Crippen molar-refractivity contribution in [3.05, 3.63) is 23.8 Å². The molecule has 0 atom stereocenters. The first-order chi connectivity index (χ1) is 13.5. The van der Waals surface area contributed by atoms with E-state index in [0.717, 1.165) is 50.6 Å². The van der Waals surface area contributed by atoms with E-state index >= 15 is 0 Å². The molecule has 6 heteroatoms. The molecule has 2 N–H and O–H groups in total. The second-order valence-electron chi connectivity index (χ2n) is 8.01. The molecule has 0 aromatic heterocycles. The van der Waals surface area contributed by atoms with Crippen LogP contribution in [0.15, 0.2) is 18.2 Å². The lowest BCUT2D eigenvalue weighted by Gasteiger charge is -2.26. The molecule has 0 radical (unpaired) electrons. The van der Waals surface area contributed by atoms with Gasteiger partial charge in [-0.1, -0.05) is 18.9 Å². The van der Waals surface area contributed by atoms with Crippen LogP contribution in [0.4, 0.5) is 11.4 Å². The second kappa shape index (κ2) is 9.71. The lowest BCUT2D eigenvalue weighted by atomic mass is 10.1. The van der Waals surface area contributed by atoms with E-state index in [4.69, 9.17) is 0 Å². The number of rotatable bonds is 7. The number of hydrogen-bond acceptors (Lipinski definition) is 3. The van der Waals surface area contributed by atoms with E-state index in [-0.39, 0.29) is 23.6 Å². The number of anilines is 2. The molecule has 0 bridgehead atoms. The Labute approximate surface area is 167 Å². The Kier molecular flexibility index (Phi) is 7.06. The normalized spacial score (nSPS) is 17.6. The third kappa shape index (κ3) is 5.57. The third-order valence-electron chi connectivity index (χ3n) is 5.69. The summed E-state index contributed by atoms with van der Waals surface area (Å²) in [5.41, 5.74) is 2.32. The summed E-state index contributed by atoms with van der Waals surface area (Å²) in [6.07, 6.45) is 7.73. The van der Waals surface area contributed by atoms with E-state index in [1.54, 1.807) is 0 Å².